The van der Waals surface area contributed by atoms with Gasteiger partial charge in [0, 0.05) is 5.92 Å². The van der Waals surface area contributed by atoms with Crippen molar-refractivity contribution in [3.05, 3.63) is 11.7 Å². The number of hydrogen-bond acceptors (Lipinski definition) is 5. The molecule has 0 bridgehead atoms. The standard InChI is InChI=1S/C15H26N4O2/c1-4-11-5-7-12(8-6-11)15(20)16-9-14-17-13(18-21-14)10-19(2)3/h11-12H,4-10H2,1-3H3,(H,16,20). The van der Waals surface area contributed by atoms with E-state index in [-0.39, 0.29) is 11.8 Å². The third-order valence-electron chi connectivity index (χ3n) is 4.18. The summed E-state index contributed by atoms with van der Waals surface area (Å²) in [6.45, 7) is 3.19. The lowest BCUT2D eigenvalue weighted by molar-refractivity contribution is -0.126. The maximum Gasteiger partial charge on any atom is 0.246 e. The van der Waals surface area contributed by atoms with E-state index < -0.39 is 0 Å². The molecule has 1 heterocycles. The van der Waals surface area contributed by atoms with Crippen molar-refractivity contribution < 1.29 is 9.32 Å². The third kappa shape index (κ3) is 4.81. The fourth-order valence-electron chi connectivity index (χ4n) is 2.85. The first-order valence-corrected chi connectivity index (χ1v) is 7.82. The first-order chi connectivity index (χ1) is 10.1. The number of nitrogens with zero attached hydrogens (tertiary/aromatic N) is 3. The van der Waals surface area contributed by atoms with Crippen LogP contribution in [0.5, 0.6) is 0 Å². The van der Waals surface area contributed by atoms with Crippen LogP contribution in [-0.4, -0.2) is 35.0 Å². The summed E-state index contributed by atoms with van der Waals surface area (Å²) in [6.07, 6.45) is 5.56. The van der Waals surface area contributed by atoms with Crippen molar-refractivity contribution in [3.63, 3.8) is 0 Å². The third-order valence-corrected chi connectivity index (χ3v) is 4.18. The van der Waals surface area contributed by atoms with Crippen LogP contribution in [0.25, 0.3) is 0 Å². The number of nitrogens with one attached hydrogen (secondary N) is 1. The van der Waals surface area contributed by atoms with Crippen molar-refractivity contribution in [2.45, 2.75) is 52.1 Å². The van der Waals surface area contributed by atoms with Crippen molar-refractivity contribution in [2.24, 2.45) is 11.8 Å². The van der Waals surface area contributed by atoms with Gasteiger partial charge in [0.2, 0.25) is 11.8 Å². The summed E-state index contributed by atoms with van der Waals surface area (Å²) < 4.78 is 5.14. The van der Waals surface area contributed by atoms with Gasteiger partial charge in [0.25, 0.3) is 0 Å². The highest BCUT2D eigenvalue weighted by molar-refractivity contribution is 5.78. The van der Waals surface area contributed by atoms with Gasteiger partial charge in [-0.3, -0.25) is 4.79 Å². The van der Waals surface area contributed by atoms with Crippen LogP contribution in [0.4, 0.5) is 0 Å². The van der Waals surface area contributed by atoms with Crippen LogP contribution in [0.3, 0.4) is 0 Å². The fraction of sp³-hybridized carbons (Fsp3) is 0.800. The van der Waals surface area contributed by atoms with Gasteiger partial charge in [-0.2, -0.15) is 4.98 Å². The largest absolute Gasteiger partial charge is 0.347 e. The lowest BCUT2D eigenvalue weighted by Crippen LogP contribution is -2.32. The molecule has 21 heavy (non-hydrogen) atoms. The number of hydrogen-bond donors (Lipinski definition) is 1. The van der Waals surface area contributed by atoms with E-state index in [0.29, 0.717) is 24.8 Å². The van der Waals surface area contributed by atoms with Crippen LogP contribution < -0.4 is 5.32 Å². The molecule has 0 unspecified atom stereocenters. The molecule has 1 aliphatic carbocycles. The fourth-order valence-corrected chi connectivity index (χ4v) is 2.85. The minimum absolute atomic E-state index is 0.122. The molecule has 1 aromatic heterocycles. The Kier molecular flexibility index (Phi) is 5.73. The first-order valence-electron chi connectivity index (χ1n) is 7.82. The van der Waals surface area contributed by atoms with E-state index >= 15 is 0 Å². The Morgan fingerprint density at radius 1 is 1.33 bits per heavy atom. The monoisotopic (exact) mass is 294 g/mol. The van der Waals surface area contributed by atoms with E-state index in [2.05, 4.69) is 22.4 Å². The minimum atomic E-state index is 0.122. The quantitative estimate of drug-likeness (QED) is 0.868. The molecule has 1 aromatic rings. The summed E-state index contributed by atoms with van der Waals surface area (Å²) in [5, 5.41) is 6.81. The van der Waals surface area contributed by atoms with Crippen molar-refractivity contribution in [3.8, 4) is 0 Å². The lowest BCUT2D eigenvalue weighted by Gasteiger charge is -2.26. The van der Waals surface area contributed by atoms with Crippen LogP contribution >= 0.6 is 0 Å². The van der Waals surface area contributed by atoms with Gasteiger partial charge in [0.1, 0.15) is 0 Å². The Balaban J connectivity index is 1.75. The zero-order valence-electron chi connectivity index (χ0n) is 13.3. The van der Waals surface area contributed by atoms with E-state index in [4.69, 9.17) is 4.52 Å². The molecule has 1 aliphatic rings. The summed E-state index contributed by atoms with van der Waals surface area (Å²) in [7, 11) is 3.90. The van der Waals surface area contributed by atoms with Crippen LogP contribution in [0.2, 0.25) is 0 Å². The van der Waals surface area contributed by atoms with Crippen molar-refractivity contribution in [2.75, 3.05) is 14.1 Å². The molecule has 0 aromatic carbocycles. The second-order valence-corrected chi connectivity index (χ2v) is 6.19. The maximum absolute atomic E-state index is 12.1. The molecular formula is C15H26N4O2. The molecule has 0 radical (unpaired) electrons. The first kappa shape index (κ1) is 15.9. The zero-order chi connectivity index (χ0) is 15.2. The smallest absolute Gasteiger partial charge is 0.246 e. The van der Waals surface area contributed by atoms with Gasteiger partial charge in [0.15, 0.2) is 5.82 Å². The molecule has 6 heteroatoms. The summed E-state index contributed by atoms with van der Waals surface area (Å²) in [4.78, 5) is 18.4. The summed E-state index contributed by atoms with van der Waals surface area (Å²) in [6, 6.07) is 0. The molecule has 1 saturated carbocycles. The topological polar surface area (TPSA) is 71.3 Å². The Bertz CT molecular complexity index is 450. The van der Waals surface area contributed by atoms with Gasteiger partial charge in [-0.05, 0) is 45.7 Å². The average molecular weight is 294 g/mol. The van der Waals surface area contributed by atoms with Crippen LogP contribution in [0, 0.1) is 11.8 Å². The molecule has 0 atom stereocenters. The van der Waals surface area contributed by atoms with Crippen LogP contribution in [0.1, 0.15) is 50.7 Å². The van der Waals surface area contributed by atoms with Gasteiger partial charge in [0.05, 0.1) is 13.1 Å². The molecule has 1 fully saturated rings. The van der Waals surface area contributed by atoms with Crippen molar-refractivity contribution in [1.82, 2.24) is 20.4 Å². The minimum Gasteiger partial charge on any atom is -0.347 e. The normalized spacial score (nSPS) is 22.5. The van der Waals surface area contributed by atoms with E-state index in [9.17, 15) is 4.79 Å². The molecule has 0 spiro atoms. The van der Waals surface area contributed by atoms with Crippen molar-refractivity contribution in [1.29, 1.82) is 0 Å². The highest BCUT2D eigenvalue weighted by Gasteiger charge is 2.25. The Morgan fingerprint density at radius 2 is 2.05 bits per heavy atom. The van der Waals surface area contributed by atoms with E-state index in [0.717, 1.165) is 18.8 Å². The molecule has 6 nitrogen and oxygen atoms in total. The predicted molar refractivity (Wildman–Crippen MR) is 79.3 cm³/mol. The summed E-state index contributed by atoms with van der Waals surface area (Å²) in [5.41, 5.74) is 0. The Labute approximate surface area is 126 Å². The average Bonchev–Trinajstić information content (AvgIpc) is 2.91. The summed E-state index contributed by atoms with van der Waals surface area (Å²) in [5.74, 6) is 2.20. The van der Waals surface area contributed by atoms with Crippen molar-refractivity contribution >= 4 is 5.91 Å². The maximum atomic E-state index is 12.1. The predicted octanol–water partition coefficient (Wildman–Crippen LogP) is 1.96. The highest BCUT2D eigenvalue weighted by Crippen LogP contribution is 2.30. The number of carbonyl (C=O) groups excluding carboxylic acids is 1. The number of carbonyl (C=O) groups is 1. The number of amides is 1. The zero-order valence-corrected chi connectivity index (χ0v) is 13.3. The Morgan fingerprint density at radius 3 is 2.67 bits per heavy atom. The van der Waals surface area contributed by atoms with Crippen LogP contribution in [-0.2, 0) is 17.9 Å². The van der Waals surface area contributed by atoms with Gasteiger partial charge in [-0.1, -0.05) is 18.5 Å². The molecule has 0 aliphatic heterocycles. The van der Waals surface area contributed by atoms with Gasteiger partial charge < -0.3 is 14.7 Å². The molecule has 1 N–H and O–H groups in total. The SMILES string of the molecule is CCC1CCC(C(=O)NCc2nc(CN(C)C)no2)CC1. The molecule has 0 saturated heterocycles. The number of rotatable bonds is 6. The molecule has 2 rings (SSSR count). The molecule has 1 amide bonds. The van der Waals surface area contributed by atoms with Gasteiger partial charge >= 0.3 is 0 Å². The lowest BCUT2D eigenvalue weighted by atomic mass is 9.80. The second-order valence-electron chi connectivity index (χ2n) is 6.19. The number of aromatic nitrogens is 2. The molecular weight excluding hydrogens is 268 g/mol. The van der Waals surface area contributed by atoms with E-state index in [1.807, 2.05) is 19.0 Å². The summed E-state index contributed by atoms with van der Waals surface area (Å²) >= 11 is 0. The Hall–Kier alpha value is -1.43. The van der Waals surface area contributed by atoms with Gasteiger partial charge in [-0.15, -0.1) is 0 Å². The second kappa shape index (κ2) is 7.54. The molecule has 118 valence electrons. The van der Waals surface area contributed by atoms with E-state index in [1.54, 1.807) is 0 Å². The van der Waals surface area contributed by atoms with Crippen LogP contribution in [0.15, 0.2) is 4.52 Å². The van der Waals surface area contributed by atoms with E-state index in [1.165, 1.54) is 19.3 Å². The van der Waals surface area contributed by atoms with Gasteiger partial charge in [-0.25, -0.2) is 0 Å². The highest BCUT2D eigenvalue weighted by atomic mass is 16.5.